The van der Waals surface area contributed by atoms with Gasteiger partial charge in [-0.15, -0.1) is 0 Å². The molecule has 0 fully saturated rings. The van der Waals surface area contributed by atoms with E-state index in [1.54, 1.807) is 35.1 Å². The average molecular weight is 523 g/mol. The molecule has 0 aliphatic carbocycles. The molecule has 1 heterocycles. The van der Waals surface area contributed by atoms with Crippen LogP contribution in [0.5, 0.6) is 0 Å². The summed E-state index contributed by atoms with van der Waals surface area (Å²) in [7, 11) is 0. The van der Waals surface area contributed by atoms with E-state index in [0.717, 1.165) is 15.7 Å². The highest BCUT2D eigenvalue weighted by molar-refractivity contribution is 9.10. The van der Waals surface area contributed by atoms with E-state index in [4.69, 9.17) is 11.6 Å². The molecule has 2 amide bonds. The lowest BCUT2D eigenvalue weighted by atomic mass is 10.1. The number of nitrogens with one attached hydrogen (secondary N) is 2. The van der Waals surface area contributed by atoms with Gasteiger partial charge in [0, 0.05) is 32.5 Å². The highest BCUT2D eigenvalue weighted by Gasteiger charge is 2.14. The smallest absolute Gasteiger partial charge is 0.318 e. The third-order valence-corrected chi connectivity index (χ3v) is 5.34. The zero-order valence-electron chi connectivity index (χ0n) is 17.1. The second-order valence-corrected chi connectivity index (χ2v) is 8.23. The third kappa shape index (κ3) is 5.74. The molecule has 0 spiro atoms. The fraction of sp³-hybridized carbons (Fsp3) is 0. The van der Waals surface area contributed by atoms with Crippen LogP contribution in [0.3, 0.4) is 0 Å². The SMILES string of the molecule is O=C(N/N=C\c1cn(-c2ccccc2)nc1-c1ccc(Br)cc1)C(=O)Nc1ccc(Cl)cc1. The van der Waals surface area contributed by atoms with Crippen LogP contribution in [0.1, 0.15) is 5.56 Å². The Balaban J connectivity index is 1.52. The number of amides is 2. The van der Waals surface area contributed by atoms with Crippen molar-refractivity contribution in [2.45, 2.75) is 0 Å². The van der Waals surface area contributed by atoms with Crippen LogP contribution in [0.2, 0.25) is 5.02 Å². The van der Waals surface area contributed by atoms with Crippen LogP contribution in [0.4, 0.5) is 5.69 Å². The van der Waals surface area contributed by atoms with Crippen LogP contribution in [-0.2, 0) is 9.59 Å². The highest BCUT2D eigenvalue weighted by Crippen LogP contribution is 2.24. The fourth-order valence-electron chi connectivity index (χ4n) is 2.96. The lowest BCUT2D eigenvalue weighted by molar-refractivity contribution is -0.136. The van der Waals surface area contributed by atoms with Gasteiger partial charge in [0.15, 0.2) is 0 Å². The van der Waals surface area contributed by atoms with Crippen molar-refractivity contribution in [1.82, 2.24) is 15.2 Å². The van der Waals surface area contributed by atoms with Crippen LogP contribution in [0, 0.1) is 0 Å². The number of benzene rings is 3. The maximum atomic E-state index is 12.1. The standard InChI is InChI=1S/C24H17BrClN5O2/c25-18-8-6-16(7-9-18)22-17(15-31(30-22)21-4-2-1-3-5-21)14-27-29-24(33)23(32)28-20-12-10-19(26)11-13-20/h1-15H,(H,28,32)(H,29,33)/b27-14-. The number of carbonyl (C=O) groups excluding carboxylic acids is 2. The van der Waals surface area contributed by atoms with Crippen molar-refractivity contribution in [3.63, 3.8) is 0 Å². The van der Waals surface area contributed by atoms with Crippen molar-refractivity contribution in [2.75, 3.05) is 5.32 Å². The number of hydrogen-bond donors (Lipinski definition) is 2. The molecule has 2 N–H and O–H groups in total. The molecule has 0 unspecified atom stereocenters. The molecule has 4 rings (SSSR count). The summed E-state index contributed by atoms with van der Waals surface area (Å²) in [6.45, 7) is 0. The van der Waals surface area contributed by atoms with Gasteiger partial charge in [-0.25, -0.2) is 10.1 Å². The Bertz CT molecular complexity index is 1300. The number of aromatic nitrogens is 2. The van der Waals surface area contributed by atoms with E-state index in [1.807, 2.05) is 54.6 Å². The zero-order chi connectivity index (χ0) is 23.2. The molecule has 0 saturated carbocycles. The van der Waals surface area contributed by atoms with Crippen molar-refractivity contribution in [1.29, 1.82) is 0 Å². The molecule has 33 heavy (non-hydrogen) atoms. The predicted molar refractivity (Wildman–Crippen MR) is 133 cm³/mol. The fourth-order valence-corrected chi connectivity index (χ4v) is 3.35. The van der Waals surface area contributed by atoms with Gasteiger partial charge in [0.25, 0.3) is 0 Å². The van der Waals surface area contributed by atoms with Gasteiger partial charge < -0.3 is 5.32 Å². The maximum Gasteiger partial charge on any atom is 0.329 e. The second-order valence-electron chi connectivity index (χ2n) is 6.88. The van der Waals surface area contributed by atoms with E-state index in [0.29, 0.717) is 22.0 Å². The van der Waals surface area contributed by atoms with Crippen molar-refractivity contribution < 1.29 is 9.59 Å². The maximum absolute atomic E-state index is 12.1. The van der Waals surface area contributed by atoms with Crippen molar-refractivity contribution in [3.05, 3.63) is 100 Å². The first-order valence-corrected chi connectivity index (χ1v) is 11.0. The van der Waals surface area contributed by atoms with Crippen LogP contribution >= 0.6 is 27.5 Å². The number of hydrazone groups is 1. The molecule has 3 aromatic carbocycles. The van der Waals surface area contributed by atoms with Gasteiger partial charge in [0.2, 0.25) is 0 Å². The average Bonchev–Trinajstić information content (AvgIpc) is 3.25. The van der Waals surface area contributed by atoms with Crippen molar-refractivity contribution >= 4 is 51.2 Å². The van der Waals surface area contributed by atoms with Crippen LogP contribution in [0.25, 0.3) is 16.9 Å². The highest BCUT2D eigenvalue weighted by atomic mass is 79.9. The first-order valence-electron chi connectivity index (χ1n) is 9.80. The summed E-state index contributed by atoms with van der Waals surface area (Å²) >= 11 is 9.26. The number of hydrogen-bond acceptors (Lipinski definition) is 4. The summed E-state index contributed by atoms with van der Waals surface area (Å²) in [5.41, 5.74) is 5.79. The molecule has 0 aliphatic rings. The largest absolute Gasteiger partial charge is 0.329 e. The number of para-hydroxylation sites is 1. The normalized spacial score (nSPS) is 10.8. The van der Waals surface area contributed by atoms with Gasteiger partial charge in [-0.2, -0.15) is 10.2 Å². The molecule has 9 heteroatoms. The molecule has 0 aliphatic heterocycles. The van der Waals surface area contributed by atoms with Crippen LogP contribution in [-0.4, -0.2) is 27.8 Å². The molecule has 7 nitrogen and oxygen atoms in total. The second kappa shape index (κ2) is 10.2. The Morgan fingerprint density at radius 3 is 2.33 bits per heavy atom. The van der Waals surface area contributed by atoms with Crippen LogP contribution < -0.4 is 10.7 Å². The predicted octanol–water partition coefficient (Wildman–Crippen LogP) is 5.04. The van der Waals surface area contributed by atoms with E-state index in [1.165, 1.54) is 6.21 Å². The summed E-state index contributed by atoms with van der Waals surface area (Å²) in [6.07, 6.45) is 3.26. The Morgan fingerprint density at radius 1 is 0.939 bits per heavy atom. The summed E-state index contributed by atoms with van der Waals surface area (Å²) in [4.78, 5) is 24.2. The van der Waals surface area contributed by atoms with E-state index in [9.17, 15) is 9.59 Å². The Hall–Kier alpha value is -3.75. The zero-order valence-corrected chi connectivity index (χ0v) is 19.4. The number of rotatable bonds is 5. The Kier molecular flexibility index (Phi) is 6.97. The number of carbonyl (C=O) groups is 2. The Morgan fingerprint density at radius 2 is 1.64 bits per heavy atom. The van der Waals surface area contributed by atoms with Gasteiger partial charge in [-0.1, -0.05) is 57.9 Å². The van der Waals surface area contributed by atoms with Gasteiger partial charge in [0.05, 0.1) is 11.9 Å². The third-order valence-electron chi connectivity index (χ3n) is 4.56. The van der Waals surface area contributed by atoms with Gasteiger partial charge in [0.1, 0.15) is 5.69 Å². The number of nitrogens with zero attached hydrogens (tertiary/aromatic N) is 3. The Labute approximate surface area is 203 Å². The molecule has 0 bridgehead atoms. The monoisotopic (exact) mass is 521 g/mol. The molecule has 0 radical (unpaired) electrons. The quantitative estimate of drug-likeness (QED) is 0.219. The van der Waals surface area contributed by atoms with E-state index >= 15 is 0 Å². The summed E-state index contributed by atoms with van der Waals surface area (Å²) < 4.78 is 2.68. The molecule has 0 saturated heterocycles. The van der Waals surface area contributed by atoms with Crippen molar-refractivity contribution in [3.8, 4) is 16.9 Å². The molecule has 164 valence electrons. The first-order chi connectivity index (χ1) is 16.0. The number of halogens is 2. The van der Waals surface area contributed by atoms with E-state index in [-0.39, 0.29) is 0 Å². The minimum atomic E-state index is -0.901. The van der Waals surface area contributed by atoms with Crippen LogP contribution in [0.15, 0.2) is 94.6 Å². The minimum Gasteiger partial charge on any atom is -0.318 e. The lowest BCUT2D eigenvalue weighted by Crippen LogP contribution is -2.32. The minimum absolute atomic E-state index is 0.449. The molecule has 0 atom stereocenters. The first kappa shape index (κ1) is 22.4. The molecule has 1 aromatic heterocycles. The topological polar surface area (TPSA) is 88.4 Å². The van der Waals surface area contributed by atoms with Crippen molar-refractivity contribution in [2.24, 2.45) is 5.10 Å². The van der Waals surface area contributed by atoms with Gasteiger partial charge >= 0.3 is 11.8 Å². The van der Waals surface area contributed by atoms with Gasteiger partial charge in [-0.05, 0) is 48.5 Å². The van der Waals surface area contributed by atoms with Gasteiger partial charge in [-0.3, -0.25) is 9.59 Å². The lowest BCUT2D eigenvalue weighted by Gasteiger charge is -2.03. The number of anilines is 1. The summed E-state index contributed by atoms with van der Waals surface area (Å²) in [5.74, 6) is -1.75. The van der Waals surface area contributed by atoms with E-state index < -0.39 is 11.8 Å². The summed E-state index contributed by atoms with van der Waals surface area (Å²) in [5, 5.41) is 11.7. The molecular weight excluding hydrogens is 506 g/mol. The molecular formula is C24H17BrClN5O2. The molecule has 4 aromatic rings. The van der Waals surface area contributed by atoms with E-state index in [2.05, 4.69) is 36.9 Å². The summed E-state index contributed by atoms with van der Waals surface area (Å²) in [6, 6.07) is 23.7.